The number of rotatable bonds is 58. The molecule has 0 aromatic carbocycles. The Morgan fingerprint density at radius 2 is 0.474 bits per heavy atom. The maximum absolute atomic E-state index is 11.3. The van der Waals surface area contributed by atoms with Crippen LogP contribution in [0.1, 0.15) is 259 Å². The fourth-order valence-corrected chi connectivity index (χ4v) is 9.92. The van der Waals surface area contributed by atoms with Crippen molar-refractivity contribution in [2.75, 3.05) is 59.4 Å². The van der Waals surface area contributed by atoms with E-state index in [-0.39, 0.29) is 0 Å². The van der Waals surface area contributed by atoms with Crippen LogP contribution in [-0.2, 0) is 0 Å². The van der Waals surface area contributed by atoms with Gasteiger partial charge in [0.1, 0.15) is 0 Å². The molecule has 0 aromatic heterocycles. The normalized spacial score (nSPS) is 14.6. The number of allylic oxidation sites excluding steroid dienone is 16. The van der Waals surface area contributed by atoms with Crippen molar-refractivity contribution in [1.29, 1.82) is 0 Å². The highest BCUT2D eigenvalue weighted by molar-refractivity contribution is 4.93. The second-order valence-electron chi connectivity index (χ2n) is 22.3. The van der Waals surface area contributed by atoms with Gasteiger partial charge in [-0.3, -0.25) is 9.80 Å². The van der Waals surface area contributed by atoms with E-state index in [1.165, 1.54) is 154 Å². The molecule has 0 radical (unpaired) electrons. The second kappa shape index (κ2) is 60.3. The summed E-state index contributed by atoms with van der Waals surface area (Å²) >= 11 is 0. The number of aliphatic hydroxyl groups excluding tert-OH is 4. The van der Waals surface area contributed by atoms with Crippen LogP contribution in [0.3, 0.4) is 0 Å². The fourth-order valence-electron chi connectivity index (χ4n) is 9.92. The SMILES string of the molecule is C/C=C\C/C=C\CCCCCCCCC(O)CN(CCN(C)CCN(CC(O)CCCCCCCC/C=C\C/C=C\C)CC(O)CCCCCCCC/C=C\C/C=C\C)CC(O)CCCCCCCC/C=C\C/C=C\C. The maximum Gasteiger partial charge on any atom is 0.0667 e. The summed E-state index contributed by atoms with van der Waals surface area (Å²) in [5, 5.41) is 45.2. The van der Waals surface area contributed by atoms with E-state index in [2.05, 4.69) is 147 Å². The van der Waals surface area contributed by atoms with Gasteiger partial charge in [-0.2, -0.15) is 0 Å². The third kappa shape index (κ3) is 56.4. The molecule has 0 heterocycles. The summed E-state index contributed by atoms with van der Waals surface area (Å²) in [6.45, 7) is 13.9. The molecule has 0 aliphatic rings. The van der Waals surface area contributed by atoms with Crippen molar-refractivity contribution >= 4 is 0 Å². The first-order valence-electron chi connectivity index (χ1n) is 32.2. The fraction of sp³-hybridized carbons (Fsp3) is 0.768. The molecule has 0 aliphatic carbocycles. The summed E-state index contributed by atoms with van der Waals surface area (Å²) in [5.41, 5.74) is 0. The quantitative estimate of drug-likeness (QED) is 0.0356. The van der Waals surface area contributed by atoms with E-state index in [1.807, 2.05) is 0 Å². The number of aliphatic hydroxyl groups is 4. The molecule has 0 fully saturated rings. The maximum atomic E-state index is 11.3. The molecule has 442 valence electrons. The van der Waals surface area contributed by atoms with Crippen molar-refractivity contribution < 1.29 is 20.4 Å². The third-order valence-corrected chi connectivity index (χ3v) is 14.8. The van der Waals surface area contributed by atoms with Crippen LogP contribution >= 0.6 is 0 Å². The van der Waals surface area contributed by atoms with E-state index in [1.54, 1.807) is 0 Å². The molecular weight excluding hydrogens is 935 g/mol. The van der Waals surface area contributed by atoms with Crippen LogP contribution in [0.5, 0.6) is 0 Å². The lowest BCUT2D eigenvalue weighted by Crippen LogP contribution is -2.44. The molecule has 0 aromatic rings. The summed E-state index contributed by atoms with van der Waals surface area (Å²) in [7, 11) is 2.18. The van der Waals surface area contributed by atoms with Crippen molar-refractivity contribution in [2.24, 2.45) is 0 Å². The molecule has 0 saturated carbocycles. The molecule has 76 heavy (non-hydrogen) atoms. The van der Waals surface area contributed by atoms with Crippen molar-refractivity contribution in [3.8, 4) is 0 Å². The van der Waals surface area contributed by atoms with Crippen molar-refractivity contribution in [3.63, 3.8) is 0 Å². The zero-order valence-corrected chi connectivity index (χ0v) is 50.8. The first-order valence-corrected chi connectivity index (χ1v) is 32.2. The molecule has 7 heteroatoms. The third-order valence-electron chi connectivity index (χ3n) is 14.8. The van der Waals surface area contributed by atoms with Crippen molar-refractivity contribution in [1.82, 2.24) is 14.7 Å². The predicted molar refractivity (Wildman–Crippen MR) is 336 cm³/mol. The Hall–Kier alpha value is -2.36. The van der Waals surface area contributed by atoms with E-state index < -0.39 is 24.4 Å². The summed E-state index contributed by atoms with van der Waals surface area (Å²) < 4.78 is 0. The average Bonchev–Trinajstić information content (AvgIpc) is 3.40. The lowest BCUT2D eigenvalue weighted by atomic mass is 10.0. The topological polar surface area (TPSA) is 90.6 Å². The minimum Gasteiger partial charge on any atom is -0.392 e. The summed E-state index contributed by atoms with van der Waals surface area (Å²) in [6, 6.07) is 0. The lowest BCUT2D eigenvalue weighted by Gasteiger charge is -2.31. The number of unbranched alkanes of at least 4 members (excludes halogenated alkanes) is 24. The number of likely N-dealkylation sites (N-methyl/N-ethyl adjacent to an activating group) is 1. The van der Waals surface area contributed by atoms with Crippen molar-refractivity contribution in [2.45, 2.75) is 283 Å². The molecule has 0 bridgehead atoms. The van der Waals surface area contributed by atoms with Gasteiger partial charge in [-0.05, 0) is 137 Å². The van der Waals surface area contributed by atoms with Crippen LogP contribution in [0.2, 0.25) is 0 Å². The van der Waals surface area contributed by atoms with Gasteiger partial charge in [0, 0.05) is 52.4 Å². The molecule has 7 nitrogen and oxygen atoms in total. The second-order valence-corrected chi connectivity index (χ2v) is 22.3. The smallest absolute Gasteiger partial charge is 0.0667 e. The Kier molecular flexibility index (Phi) is 58.4. The van der Waals surface area contributed by atoms with Gasteiger partial charge in [0.2, 0.25) is 0 Å². The van der Waals surface area contributed by atoms with Crippen molar-refractivity contribution in [3.05, 3.63) is 97.2 Å². The van der Waals surface area contributed by atoms with Gasteiger partial charge >= 0.3 is 0 Å². The molecule has 4 unspecified atom stereocenters. The van der Waals surface area contributed by atoms with E-state index in [0.717, 1.165) is 103 Å². The Morgan fingerprint density at radius 3 is 0.697 bits per heavy atom. The Labute approximate surface area is 472 Å². The monoisotopic (exact) mass is 1060 g/mol. The highest BCUT2D eigenvalue weighted by Crippen LogP contribution is 2.17. The first kappa shape index (κ1) is 73.6. The Bertz CT molecular complexity index is 1220. The number of hydrogen-bond donors (Lipinski definition) is 4. The van der Waals surface area contributed by atoms with Gasteiger partial charge < -0.3 is 25.3 Å². The molecule has 4 N–H and O–H groups in total. The highest BCUT2D eigenvalue weighted by atomic mass is 16.3. The number of hydrogen-bond acceptors (Lipinski definition) is 7. The largest absolute Gasteiger partial charge is 0.392 e. The Morgan fingerprint density at radius 1 is 0.263 bits per heavy atom. The van der Waals surface area contributed by atoms with Crippen LogP contribution < -0.4 is 0 Å². The molecule has 0 saturated heterocycles. The minimum atomic E-state index is -0.391. The van der Waals surface area contributed by atoms with Gasteiger partial charge in [-0.25, -0.2) is 0 Å². The lowest BCUT2D eigenvalue weighted by molar-refractivity contribution is 0.0492. The first-order chi connectivity index (χ1) is 37.2. The van der Waals surface area contributed by atoms with Gasteiger partial charge in [-0.1, -0.05) is 226 Å². The molecule has 0 amide bonds. The molecule has 4 atom stereocenters. The zero-order valence-electron chi connectivity index (χ0n) is 50.8. The van der Waals surface area contributed by atoms with Gasteiger partial charge in [0.05, 0.1) is 24.4 Å². The molecule has 0 rings (SSSR count). The van der Waals surface area contributed by atoms with E-state index in [0.29, 0.717) is 26.2 Å². The van der Waals surface area contributed by atoms with Crippen LogP contribution in [0.15, 0.2) is 97.2 Å². The van der Waals surface area contributed by atoms with Crippen LogP contribution in [0, 0.1) is 0 Å². The average molecular weight is 1060 g/mol. The van der Waals surface area contributed by atoms with E-state index in [9.17, 15) is 20.4 Å². The summed E-state index contributed by atoms with van der Waals surface area (Å²) in [5.74, 6) is 0. The number of nitrogens with zero attached hydrogens (tertiary/aromatic N) is 3. The van der Waals surface area contributed by atoms with Gasteiger partial charge in [0.15, 0.2) is 0 Å². The van der Waals surface area contributed by atoms with Crippen LogP contribution in [0.25, 0.3) is 0 Å². The van der Waals surface area contributed by atoms with Gasteiger partial charge in [-0.15, -0.1) is 0 Å². The van der Waals surface area contributed by atoms with Crippen LogP contribution in [0.4, 0.5) is 0 Å². The Balaban J connectivity index is 5.28. The minimum absolute atomic E-state index is 0.391. The predicted octanol–water partition coefficient (Wildman–Crippen LogP) is 17.5. The van der Waals surface area contributed by atoms with Gasteiger partial charge in [0.25, 0.3) is 0 Å². The van der Waals surface area contributed by atoms with E-state index in [4.69, 9.17) is 0 Å². The highest BCUT2D eigenvalue weighted by Gasteiger charge is 2.19. The van der Waals surface area contributed by atoms with Crippen LogP contribution in [-0.4, -0.2) is 119 Å². The molecule has 0 spiro atoms. The zero-order chi connectivity index (χ0) is 55.5. The summed E-state index contributed by atoms with van der Waals surface area (Å²) in [4.78, 5) is 7.00. The summed E-state index contributed by atoms with van der Waals surface area (Å²) in [6.07, 6.45) is 75.0. The van der Waals surface area contributed by atoms with E-state index >= 15 is 0 Å². The molecular formula is C69H127N3O4. The standard InChI is InChI=1S/C69H127N3O4/c1-6-10-14-18-22-26-30-34-38-42-46-50-54-66(73)62-71(63-67(74)55-51-47-43-39-35-31-27-23-19-15-11-7-2)60-58-70(5)59-61-72(64-68(75)56-52-48-44-40-36-32-28-24-20-16-12-8-3)65-69(76)57-53-49-45-41-37-33-29-25-21-17-13-9-4/h6-13,18-25,66-69,73-76H,14-17,26-65H2,1-5H3/b10-6-,11-7-,12-8-,13-9-,22-18-,23-19-,24-20-,25-21-. The molecule has 0 aliphatic heterocycles.